The molecule has 2 aromatic heterocycles. The van der Waals surface area contributed by atoms with Crippen LogP contribution in [0.25, 0.3) is 0 Å². The van der Waals surface area contributed by atoms with E-state index in [1.165, 1.54) is 11.3 Å². The zero-order chi connectivity index (χ0) is 17.3. The number of aliphatic hydroxyl groups is 1. The Morgan fingerprint density at radius 1 is 1.38 bits per heavy atom. The van der Waals surface area contributed by atoms with Gasteiger partial charge in [-0.2, -0.15) is 5.10 Å². The lowest BCUT2D eigenvalue weighted by molar-refractivity contribution is 0.0403. The van der Waals surface area contributed by atoms with Gasteiger partial charge in [-0.1, -0.05) is 0 Å². The summed E-state index contributed by atoms with van der Waals surface area (Å²) in [6, 6.07) is 0. The number of hydrogen-bond acceptors (Lipinski definition) is 4. The molecule has 1 aliphatic rings. The second-order valence-electron chi connectivity index (χ2n) is 6.94. The third-order valence-electron chi connectivity index (χ3n) is 5.32. The van der Waals surface area contributed by atoms with Gasteiger partial charge < -0.3 is 9.67 Å². The molecule has 0 radical (unpaired) electrons. The van der Waals surface area contributed by atoms with E-state index in [4.69, 9.17) is 0 Å². The van der Waals surface area contributed by atoms with Gasteiger partial charge in [0.25, 0.3) is 0 Å². The molecule has 2 aromatic rings. The Morgan fingerprint density at radius 2 is 2.17 bits per heavy atom. The van der Waals surface area contributed by atoms with E-state index in [1.54, 1.807) is 6.20 Å². The quantitative estimate of drug-likeness (QED) is 0.912. The van der Waals surface area contributed by atoms with Crippen LogP contribution in [0, 0.1) is 19.8 Å². The first-order valence-electron chi connectivity index (χ1n) is 8.91. The number of hydrogen-bond donors (Lipinski definition) is 1. The zero-order valence-corrected chi connectivity index (χ0v) is 15.2. The van der Waals surface area contributed by atoms with Crippen LogP contribution < -0.4 is 0 Å². The van der Waals surface area contributed by atoms with Crippen LogP contribution in [-0.2, 0) is 20.1 Å². The van der Waals surface area contributed by atoms with E-state index in [-0.39, 0.29) is 5.92 Å². The molecule has 132 valence electrons. The summed E-state index contributed by atoms with van der Waals surface area (Å²) in [7, 11) is 1.94. The van der Waals surface area contributed by atoms with Crippen LogP contribution in [0.4, 0.5) is 0 Å². The van der Waals surface area contributed by atoms with Crippen molar-refractivity contribution in [2.45, 2.75) is 52.8 Å². The monoisotopic (exact) mass is 331 g/mol. The molecule has 1 N–H and O–H groups in total. The molecule has 2 unspecified atom stereocenters. The molecular weight excluding hydrogens is 302 g/mol. The first-order valence-corrected chi connectivity index (χ1v) is 8.91. The van der Waals surface area contributed by atoms with Crippen LogP contribution in [0.1, 0.15) is 48.6 Å². The summed E-state index contributed by atoms with van der Waals surface area (Å²) in [5.74, 6) is 1.01. The van der Waals surface area contributed by atoms with E-state index in [1.807, 2.05) is 17.8 Å². The Hall–Kier alpha value is -1.66. The van der Waals surface area contributed by atoms with E-state index < -0.39 is 6.10 Å². The van der Waals surface area contributed by atoms with Gasteiger partial charge in [0.05, 0.1) is 5.69 Å². The van der Waals surface area contributed by atoms with E-state index in [9.17, 15) is 5.11 Å². The molecule has 3 rings (SSSR count). The Bertz CT molecular complexity index is 690. The highest BCUT2D eigenvalue weighted by Gasteiger charge is 2.29. The van der Waals surface area contributed by atoms with Crippen molar-refractivity contribution in [3.05, 3.63) is 35.2 Å². The smallest absolute Gasteiger partial charge is 0.137 e. The lowest BCUT2D eigenvalue weighted by atomic mass is 9.91. The minimum Gasteiger partial charge on any atom is -0.385 e. The molecule has 0 amide bonds. The molecule has 6 nitrogen and oxygen atoms in total. The van der Waals surface area contributed by atoms with E-state index in [0.29, 0.717) is 0 Å². The van der Waals surface area contributed by atoms with Crippen LogP contribution in [0.15, 0.2) is 12.4 Å². The number of aryl methyl sites for hydroxylation is 3. The molecule has 3 heterocycles. The highest BCUT2D eigenvalue weighted by molar-refractivity contribution is 5.24. The van der Waals surface area contributed by atoms with Crippen molar-refractivity contribution in [3.8, 4) is 0 Å². The van der Waals surface area contributed by atoms with Gasteiger partial charge in [0, 0.05) is 56.3 Å². The molecule has 24 heavy (non-hydrogen) atoms. The van der Waals surface area contributed by atoms with Crippen molar-refractivity contribution in [1.82, 2.24) is 24.2 Å². The summed E-state index contributed by atoms with van der Waals surface area (Å²) in [6.45, 7) is 10.2. The van der Waals surface area contributed by atoms with Crippen LogP contribution in [-0.4, -0.2) is 42.4 Å². The summed E-state index contributed by atoms with van der Waals surface area (Å²) in [6.07, 6.45) is 5.33. The largest absolute Gasteiger partial charge is 0.385 e. The normalized spacial score (nSPS) is 20.5. The lowest BCUT2D eigenvalue weighted by Gasteiger charge is -2.35. The van der Waals surface area contributed by atoms with Crippen LogP contribution >= 0.6 is 0 Å². The maximum absolute atomic E-state index is 10.7. The highest BCUT2D eigenvalue weighted by Crippen LogP contribution is 2.30. The number of imidazole rings is 1. The van der Waals surface area contributed by atoms with Crippen LogP contribution in [0.2, 0.25) is 0 Å². The Morgan fingerprint density at radius 3 is 2.79 bits per heavy atom. The van der Waals surface area contributed by atoms with Crippen molar-refractivity contribution in [1.29, 1.82) is 0 Å². The lowest BCUT2D eigenvalue weighted by Crippen LogP contribution is -2.38. The molecule has 0 spiro atoms. The zero-order valence-electron chi connectivity index (χ0n) is 15.2. The van der Waals surface area contributed by atoms with Gasteiger partial charge in [-0.3, -0.25) is 9.58 Å². The third-order valence-corrected chi connectivity index (χ3v) is 5.32. The average Bonchev–Trinajstić information content (AvgIpc) is 3.12. The molecular formula is C18H29N5O. The summed E-state index contributed by atoms with van der Waals surface area (Å²) in [5, 5.41) is 15.4. The summed E-state index contributed by atoms with van der Waals surface area (Å²) >= 11 is 0. The maximum atomic E-state index is 10.7. The van der Waals surface area contributed by atoms with Crippen molar-refractivity contribution in [3.63, 3.8) is 0 Å². The van der Waals surface area contributed by atoms with Crippen molar-refractivity contribution in [2.75, 3.05) is 13.1 Å². The predicted molar refractivity (Wildman–Crippen MR) is 93.5 cm³/mol. The van der Waals surface area contributed by atoms with E-state index in [2.05, 4.69) is 40.4 Å². The number of aromatic nitrogens is 4. The first kappa shape index (κ1) is 17.2. The first-order chi connectivity index (χ1) is 11.5. The fourth-order valence-corrected chi connectivity index (χ4v) is 3.86. The minimum absolute atomic E-state index is 0.238. The Kier molecular flexibility index (Phi) is 5.06. The fourth-order valence-electron chi connectivity index (χ4n) is 3.86. The van der Waals surface area contributed by atoms with Gasteiger partial charge in [0.1, 0.15) is 11.9 Å². The third kappa shape index (κ3) is 3.26. The summed E-state index contributed by atoms with van der Waals surface area (Å²) < 4.78 is 4.00. The van der Waals surface area contributed by atoms with E-state index >= 15 is 0 Å². The van der Waals surface area contributed by atoms with Gasteiger partial charge in [-0.25, -0.2) is 4.98 Å². The van der Waals surface area contributed by atoms with Gasteiger partial charge in [0.2, 0.25) is 0 Å². The standard InChI is InChI=1S/C18H29N5O/c1-5-23-14(3)16(13(2)20-23)12-22-9-6-7-15(11-22)17(24)18-19-8-10-21(18)4/h8,10,15,17,24H,5-7,9,11-12H2,1-4H3. The molecule has 1 saturated heterocycles. The van der Waals surface area contributed by atoms with Gasteiger partial charge >= 0.3 is 0 Å². The number of rotatable bonds is 5. The molecule has 0 bridgehead atoms. The van der Waals surface area contributed by atoms with Crippen molar-refractivity contribution >= 4 is 0 Å². The van der Waals surface area contributed by atoms with Gasteiger partial charge in [0.15, 0.2) is 0 Å². The maximum Gasteiger partial charge on any atom is 0.137 e. The molecule has 6 heteroatoms. The number of aliphatic hydroxyl groups excluding tert-OH is 1. The molecule has 1 aliphatic heterocycles. The second kappa shape index (κ2) is 7.07. The SMILES string of the molecule is CCn1nc(C)c(CN2CCCC(C(O)c3nccn3C)C2)c1C. The second-order valence-corrected chi connectivity index (χ2v) is 6.94. The molecule has 2 atom stereocenters. The van der Waals surface area contributed by atoms with Gasteiger partial charge in [-0.05, 0) is 40.2 Å². The van der Waals surface area contributed by atoms with Crippen molar-refractivity contribution in [2.24, 2.45) is 13.0 Å². The highest BCUT2D eigenvalue weighted by atomic mass is 16.3. The molecule has 0 saturated carbocycles. The van der Waals surface area contributed by atoms with Crippen molar-refractivity contribution < 1.29 is 5.11 Å². The molecule has 0 aromatic carbocycles. The number of likely N-dealkylation sites (tertiary alicyclic amines) is 1. The topological polar surface area (TPSA) is 59.1 Å². The number of nitrogens with zero attached hydrogens (tertiary/aromatic N) is 5. The predicted octanol–water partition coefficient (Wildman–Crippen LogP) is 2.20. The Balaban J connectivity index is 1.70. The summed E-state index contributed by atoms with van der Waals surface area (Å²) in [5.41, 5.74) is 3.73. The van der Waals surface area contributed by atoms with Crippen LogP contribution in [0.3, 0.4) is 0 Å². The molecule has 0 aliphatic carbocycles. The van der Waals surface area contributed by atoms with Gasteiger partial charge in [-0.15, -0.1) is 0 Å². The fraction of sp³-hybridized carbons (Fsp3) is 0.667. The number of piperidine rings is 1. The average molecular weight is 331 g/mol. The summed E-state index contributed by atoms with van der Waals surface area (Å²) in [4.78, 5) is 6.78. The minimum atomic E-state index is -0.492. The Labute approximate surface area is 144 Å². The molecule has 1 fully saturated rings. The van der Waals surface area contributed by atoms with Crippen LogP contribution in [0.5, 0.6) is 0 Å². The van der Waals surface area contributed by atoms with E-state index in [0.717, 1.165) is 50.5 Å².